The van der Waals surface area contributed by atoms with E-state index in [4.69, 9.17) is 0 Å². The first-order valence-corrected chi connectivity index (χ1v) is 6.75. The van der Waals surface area contributed by atoms with E-state index in [2.05, 4.69) is 15.3 Å². The summed E-state index contributed by atoms with van der Waals surface area (Å²) in [6.07, 6.45) is 2.25. The highest BCUT2D eigenvalue weighted by Gasteiger charge is 2.28. The Morgan fingerprint density at radius 3 is 2.81 bits per heavy atom. The number of nitrogens with zero attached hydrogens (tertiary/aromatic N) is 3. The van der Waals surface area contributed by atoms with Crippen LogP contribution in [0.3, 0.4) is 0 Å². The predicted molar refractivity (Wildman–Crippen MR) is 76.4 cm³/mol. The maximum atomic E-state index is 12.9. The van der Waals surface area contributed by atoms with Gasteiger partial charge in [0.05, 0.1) is 17.8 Å². The number of rotatable bonds is 4. The lowest BCUT2D eigenvalue weighted by atomic mass is 10.1. The minimum atomic E-state index is -0.252. The van der Waals surface area contributed by atoms with E-state index in [1.807, 2.05) is 0 Å². The second-order valence-corrected chi connectivity index (χ2v) is 4.91. The van der Waals surface area contributed by atoms with Crippen LogP contribution in [0.25, 0.3) is 0 Å². The molecular weight excluding hydrogens is 271 g/mol. The van der Waals surface area contributed by atoms with Crippen LogP contribution >= 0.6 is 0 Å². The Kier molecular flexibility index (Phi) is 3.51. The maximum absolute atomic E-state index is 12.9. The van der Waals surface area contributed by atoms with Gasteiger partial charge in [0.25, 0.3) is 5.91 Å². The fourth-order valence-corrected chi connectivity index (χ4v) is 2.36. The van der Waals surface area contributed by atoms with Gasteiger partial charge in [-0.15, -0.1) is 0 Å². The Bertz CT molecular complexity index is 672. The molecule has 5 nitrogen and oxygen atoms in total. The van der Waals surface area contributed by atoms with Gasteiger partial charge >= 0.3 is 0 Å². The van der Waals surface area contributed by atoms with Gasteiger partial charge in [-0.2, -0.15) is 0 Å². The van der Waals surface area contributed by atoms with Crippen molar-refractivity contribution in [3.63, 3.8) is 0 Å². The number of hydrogen-bond donors (Lipinski definition) is 1. The number of aromatic nitrogens is 2. The third-order valence-electron chi connectivity index (χ3n) is 3.53. The molecule has 0 radical (unpaired) electrons. The highest BCUT2D eigenvalue weighted by molar-refractivity contribution is 5.97. The Balaban J connectivity index is 1.68. The molecule has 0 aliphatic carbocycles. The number of benzene rings is 1. The quantitative estimate of drug-likeness (QED) is 0.932. The molecule has 1 aliphatic heterocycles. The zero-order valence-corrected chi connectivity index (χ0v) is 11.6. The van der Waals surface area contributed by atoms with Gasteiger partial charge < -0.3 is 10.2 Å². The number of hydrogen-bond acceptors (Lipinski definition) is 4. The van der Waals surface area contributed by atoms with Crippen molar-refractivity contribution in [2.45, 2.75) is 13.0 Å². The molecule has 21 heavy (non-hydrogen) atoms. The molecule has 0 bridgehead atoms. The highest BCUT2D eigenvalue weighted by atomic mass is 19.1. The van der Waals surface area contributed by atoms with Gasteiger partial charge in [0, 0.05) is 19.8 Å². The molecule has 0 unspecified atom stereocenters. The zero-order valence-electron chi connectivity index (χ0n) is 11.6. The van der Waals surface area contributed by atoms with Crippen molar-refractivity contribution in [2.24, 2.45) is 0 Å². The summed E-state index contributed by atoms with van der Waals surface area (Å²) in [4.78, 5) is 22.4. The van der Waals surface area contributed by atoms with Crippen molar-refractivity contribution in [3.8, 4) is 0 Å². The van der Waals surface area contributed by atoms with Crippen molar-refractivity contribution in [1.82, 2.24) is 14.9 Å². The van der Waals surface area contributed by atoms with E-state index in [1.54, 1.807) is 30.3 Å². The largest absolute Gasteiger partial charge is 0.357 e. The molecule has 108 valence electrons. The molecule has 1 aromatic heterocycles. The summed E-state index contributed by atoms with van der Waals surface area (Å²) in [6.45, 7) is 1.07. The fourth-order valence-electron chi connectivity index (χ4n) is 2.36. The van der Waals surface area contributed by atoms with Crippen molar-refractivity contribution >= 4 is 11.9 Å². The summed E-state index contributed by atoms with van der Waals surface area (Å²) < 4.78 is 12.9. The van der Waals surface area contributed by atoms with Crippen LogP contribution in [0.5, 0.6) is 0 Å². The summed E-state index contributed by atoms with van der Waals surface area (Å²) in [7, 11) is 1.74. The van der Waals surface area contributed by atoms with E-state index in [1.165, 1.54) is 12.1 Å². The van der Waals surface area contributed by atoms with Gasteiger partial charge in [0.1, 0.15) is 5.82 Å². The number of fused-ring (bicyclic) bond motifs is 1. The van der Waals surface area contributed by atoms with Crippen molar-refractivity contribution in [3.05, 3.63) is 53.1 Å². The van der Waals surface area contributed by atoms with Crippen LogP contribution in [0.2, 0.25) is 0 Å². The van der Waals surface area contributed by atoms with Crippen LogP contribution in [-0.2, 0) is 13.0 Å². The molecule has 0 spiro atoms. The van der Waals surface area contributed by atoms with Crippen LogP contribution in [-0.4, -0.2) is 34.4 Å². The lowest BCUT2D eigenvalue weighted by Gasteiger charge is -2.14. The van der Waals surface area contributed by atoms with Gasteiger partial charge in [-0.25, -0.2) is 14.4 Å². The monoisotopic (exact) mass is 286 g/mol. The third kappa shape index (κ3) is 2.69. The second-order valence-electron chi connectivity index (χ2n) is 4.91. The molecule has 1 amide bonds. The number of nitrogens with one attached hydrogen (secondary N) is 1. The first-order valence-electron chi connectivity index (χ1n) is 6.75. The van der Waals surface area contributed by atoms with Crippen LogP contribution in [0.1, 0.15) is 21.6 Å². The molecule has 2 aromatic rings. The minimum Gasteiger partial charge on any atom is -0.357 e. The molecule has 6 heteroatoms. The van der Waals surface area contributed by atoms with Crippen LogP contribution in [0, 0.1) is 5.82 Å². The van der Waals surface area contributed by atoms with Gasteiger partial charge in [-0.05, 0) is 24.1 Å². The Morgan fingerprint density at radius 1 is 1.33 bits per heavy atom. The molecule has 0 saturated heterocycles. The fraction of sp³-hybridized carbons (Fsp3) is 0.267. The number of halogens is 1. The number of anilines is 1. The molecule has 1 aromatic carbocycles. The highest BCUT2D eigenvalue weighted by Crippen LogP contribution is 2.21. The molecule has 3 rings (SSSR count). The molecule has 1 N–H and O–H groups in total. The molecule has 1 aliphatic rings. The van der Waals surface area contributed by atoms with Crippen molar-refractivity contribution < 1.29 is 9.18 Å². The smallest absolute Gasteiger partial charge is 0.257 e. The second kappa shape index (κ2) is 5.47. The Hall–Kier alpha value is -2.50. The number of carbonyl (C=O) groups excluding carboxylic acids is 1. The van der Waals surface area contributed by atoms with Crippen molar-refractivity contribution in [2.75, 3.05) is 18.9 Å². The van der Waals surface area contributed by atoms with Crippen molar-refractivity contribution in [1.29, 1.82) is 0 Å². The first kappa shape index (κ1) is 13.5. The van der Waals surface area contributed by atoms with Gasteiger partial charge in [-0.3, -0.25) is 4.79 Å². The average Bonchev–Trinajstić information content (AvgIpc) is 2.82. The predicted octanol–water partition coefficient (Wildman–Crippen LogP) is 1.86. The normalized spacial score (nSPS) is 13.4. The molecule has 0 atom stereocenters. The van der Waals surface area contributed by atoms with Crippen LogP contribution < -0.4 is 5.32 Å². The zero-order chi connectivity index (χ0) is 14.8. The Morgan fingerprint density at radius 2 is 2.10 bits per heavy atom. The summed E-state index contributed by atoms with van der Waals surface area (Å²) in [5.74, 6) is 0.218. The van der Waals surface area contributed by atoms with Gasteiger partial charge in [-0.1, -0.05) is 12.1 Å². The summed E-state index contributed by atoms with van der Waals surface area (Å²) in [6, 6.07) is 6.34. The van der Waals surface area contributed by atoms with E-state index in [-0.39, 0.29) is 11.7 Å². The first-order chi connectivity index (χ1) is 10.2. The van der Waals surface area contributed by atoms with E-state index >= 15 is 0 Å². The SMILES string of the molecule is CNc1ncc2c(n1)CN(CCc1ccc(F)cc1)C2=O. The third-order valence-corrected chi connectivity index (χ3v) is 3.53. The molecule has 2 heterocycles. The summed E-state index contributed by atoms with van der Waals surface area (Å²) >= 11 is 0. The van der Waals surface area contributed by atoms with Gasteiger partial charge in [0.2, 0.25) is 5.95 Å². The molecular formula is C15H15FN4O. The van der Waals surface area contributed by atoms with E-state index in [0.29, 0.717) is 31.0 Å². The topological polar surface area (TPSA) is 58.1 Å². The van der Waals surface area contributed by atoms with Crippen LogP contribution in [0.4, 0.5) is 10.3 Å². The maximum Gasteiger partial charge on any atom is 0.257 e. The average molecular weight is 286 g/mol. The standard InChI is InChI=1S/C15H15FN4O/c1-17-15-18-8-12-13(19-15)9-20(14(12)21)7-6-10-2-4-11(16)5-3-10/h2-5,8H,6-7,9H2,1H3,(H,17,18,19). The van der Waals surface area contributed by atoms with Gasteiger partial charge in [0.15, 0.2) is 0 Å². The lowest BCUT2D eigenvalue weighted by molar-refractivity contribution is 0.0779. The summed E-state index contributed by atoms with van der Waals surface area (Å²) in [5, 5.41) is 2.86. The number of amides is 1. The van der Waals surface area contributed by atoms with E-state index in [0.717, 1.165) is 11.3 Å². The van der Waals surface area contributed by atoms with E-state index < -0.39 is 0 Å². The minimum absolute atomic E-state index is 0.0465. The molecule has 0 fully saturated rings. The lowest BCUT2D eigenvalue weighted by Crippen LogP contribution is -2.26. The Labute approximate surface area is 121 Å². The summed E-state index contributed by atoms with van der Waals surface area (Å²) in [5.41, 5.74) is 2.31. The van der Waals surface area contributed by atoms with Crippen LogP contribution in [0.15, 0.2) is 30.5 Å². The molecule has 0 saturated carbocycles. The van der Waals surface area contributed by atoms with E-state index in [9.17, 15) is 9.18 Å². The number of carbonyl (C=O) groups is 1.